The van der Waals surface area contributed by atoms with E-state index in [1.807, 2.05) is 30.0 Å². The molecule has 0 radical (unpaired) electrons. The first-order chi connectivity index (χ1) is 10.00. The summed E-state index contributed by atoms with van der Waals surface area (Å²) in [7, 11) is 0. The quantitative estimate of drug-likeness (QED) is 0.868. The maximum absolute atomic E-state index is 12.2. The predicted molar refractivity (Wildman–Crippen MR) is 85.9 cm³/mol. The smallest absolute Gasteiger partial charge is 0.246 e. The van der Waals surface area contributed by atoms with Gasteiger partial charge in [0.25, 0.3) is 0 Å². The fourth-order valence-corrected chi connectivity index (χ4v) is 2.62. The topological polar surface area (TPSA) is 40.5 Å². The first kappa shape index (κ1) is 15.8. The second-order valence-corrected chi connectivity index (χ2v) is 6.10. The molecule has 2 rings (SSSR count). The SMILES string of the molecule is CCc1ccc(/C=C/C(=O)N2CCCC(C)(O)CC2)cc1. The molecule has 1 amide bonds. The summed E-state index contributed by atoms with van der Waals surface area (Å²) in [6.45, 7) is 5.34. The summed E-state index contributed by atoms with van der Waals surface area (Å²) in [4.78, 5) is 14.0. The lowest BCUT2D eigenvalue weighted by Crippen LogP contribution is -2.32. The van der Waals surface area contributed by atoms with Gasteiger partial charge in [-0.15, -0.1) is 0 Å². The molecule has 1 aromatic rings. The van der Waals surface area contributed by atoms with Gasteiger partial charge >= 0.3 is 0 Å². The predicted octanol–water partition coefficient (Wildman–Crippen LogP) is 3.03. The van der Waals surface area contributed by atoms with Crippen LogP contribution in [0.4, 0.5) is 0 Å². The minimum Gasteiger partial charge on any atom is -0.390 e. The highest BCUT2D eigenvalue weighted by Gasteiger charge is 2.26. The molecule has 1 unspecified atom stereocenters. The van der Waals surface area contributed by atoms with Gasteiger partial charge in [-0.3, -0.25) is 4.79 Å². The Morgan fingerprint density at radius 2 is 2.00 bits per heavy atom. The molecular formula is C18H25NO2. The molecule has 1 heterocycles. The molecule has 1 aliphatic rings. The standard InChI is InChI=1S/C18H25NO2/c1-3-15-5-7-16(8-6-15)9-10-17(20)19-13-4-11-18(2,21)12-14-19/h5-10,21H,3-4,11-14H2,1-2H3/b10-9+. The van der Waals surface area contributed by atoms with Gasteiger partial charge in [0, 0.05) is 19.2 Å². The Balaban J connectivity index is 1.95. The van der Waals surface area contributed by atoms with Crippen molar-refractivity contribution >= 4 is 12.0 Å². The number of hydrogen-bond acceptors (Lipinski definition) is 2. The van der Waals surface area contributed by atoms with Crippen molar-refractivity contribution in [2.45, 2.75) is 45.1 Å². The van der Waals surface area contributed by atoms with Crippen LogP contribution in [0.15, 0.2) is 30.3 Å². The van der Waals surface area contributed by atoms with E-state index >= 15 is 0 Å². The number of likely N-dealkylation sites (tertiary alicyclic amines) is 1. The molecule has 114 valence electrons. The number of carbonyl (C=O) groups is 1. The van der Waals surface area contributed by atoms with Gasteiger partial charge in [0.15, 0.2) is 0 Å². The largest absolute Gasteiger partial charge is 0.390 e. The number of amides is 1. The van der Waals surface area contributed by atoms with Crippen molar-refractivity contribution in [2.75, 3.05) is 13.1 Å². The fraction of sp³-hybridized carbons (Fsp3) is 0.500. The lowest BCUT2D eigenvalue weighted by atomic mass is 9.98. The maximum Gasteiger partial charge on any atom is 0.246 e. The van der Waals surface area contributed by atoms with Crippen LogP contribution < -0.4 is 0 Å². The van der Waals surface area contributed by atoms with Gasteiger partial charge < -0.3 is 10.0 Å². The van der Waals surface area contributed by atoms with E-state index in [0.29, 0.717) is 13.0 Å². The van der Waals surface area contributed by atoms with Crippen LogP contribution in [0.5, 0.6) is 0 Å². The molecule has 3 heteroatoms. The normalized spacial score (nSPS) is 23.3. The zero-order valence-corrected chi connectivity index (χ0v) is 13.0. The molecule has 0 aromatic heterocycles. The average Bonchev–Trinajstić information content (AvgIpc) is 2.66. The van der Waals surface area contributed by atoms with Crippen molar-refractivity contribution in [1.29, 1.82) is 0 Å². The number of nitrogens with zero attached hydrogens (tertiary/aromatic N) is 1. The molecule has 1 fully saturated rings. The molecule has 0 aliphatic carbocycles. The third-order valence-electron chi connectivity index (χ3n) is 4.18. The van der Waals surface area contributed by atoms with Gasteiger partial charge in [0.2, 0.25) is 5.91 Å². The molecule has 1 aliphatic heterocycles. The van der Waals surface area contributed by atoms with E-state index in [1.54, 1.807) is 6.08 Å². The average molecular weight is 287 g/mol. The first-order valence-corrected chi connectivity index (χ1v) is 7.78. The van der Waals surface area contributed by atoms with Crippen molar-refractivity contribution in [1.82, 2.24) is 4.90 Å². The number of aryl methyl sites for hydroxylation is 1. The zero-order chi connectivity index (χ0) is 15.3. The number of carbonyl (C=O) groups excluding carboxylic acids is 1. The highest BCUT2D eigenvalue weighted by molar-refractivity contribution is 5.91. The summed E-state index contributed by atoms with van der Waals surface area (Å²) in [6, 6.07) is 8.26. The van der Waals surface area contributed by atoms with Crippen LogP contribution in [0, 0.1) is 0 Å². The zero-order valence-electron chi connectivity index (χ0n) is 13.0. The lowest BCUT2D eigenvalue weighted by Gasteiger charge is -2.21. The Bertz CT molecular complexity index is 502. The molecule has 1 atom stereocenters. The van der Waals surface area contributed by atoms with E-state index in [0.717, 1.165) is 31.4 Å². The van der Waals surface area contributed by atoms with Crippen LogP contribution in [0.1, 0.15) is 44.2 Å². The number of hydrogen-bond donors (Lipinski definition) is 1. The Morgan fingerprint density at radius 1 is 1.29 bits per heavy atom. The molecule has 0 spiro atoms. The summed E-state index contributed by atoms with van der Waals surface area (Å²) in [6.07, 6.45) is 6.80. The van der Waals surface area contributed by atoms with Crippen molar-refractivity contribution in [3.05, 3.63) is 41.5 Å². The third-order valence-corrected chi connectivity index (χ3v) is 4.18. The lowest BCUT2D eigenvalue weighted by molar-refractivity contribution is -0.126. The summed E-state index contributed by atoms with van der Waals surface area (Å²) in [5, 5.41) is 10.1. The molecule has 0 saturated carbocycles. The first-order valence-electron chi connectivity index (χ1n) is 7.78. The van der Waals surface area contributed by atoms with Gasteiger partial charge in [-0.25, -0.2) is 0 Å². The van der Waals surface area contributed by atoms with Crippen LogP contribution in [-0.2, 0) is 11.2 Å². The van der Waals surface area contributed by atoms with Gasteiger partial charge in [0.05, 0.1) is 5.60 Å². The summed E-state index contributed by atoms with van der Waals surface area (Å²) in [5.41, 5.74) is 1.71. The van der Waals surface area contributed by atoms with Crippen LogP contribution in [-0.4, -0.2) is 34.6 Å². The second-order valence-electron chi connectivity index (χ2n) is 6.10. The van der Waals surface area contributed by atoms with Crippen LogP contribution in [0.2, 0.25) is 0 Å². The van der Waals surface area contributed by atoms with Gasteiger partial charge in [0.1, 0.15) is 0 Å². The fourth-order valence-electron chi connectivity index (χ4n) is 2.62. The highest BCUT2D eigenvalue weighted by Crippen LogP contribution is 2.21. The van der Waals surface area contributed by atoms with Crippen LogP contribution >= 0.6 is 0 Å². The summed E-state index contributed by atoms with van der Waals surface area (Å²) >= 11 is 0. The van der Waals surface area contributed by atoms with Gasteiger partial charge in [-0.1, -0.05) is 31.2 Å². The number of benzene rings is 1. The Hall–Kier alpha value is -1.61. The minimum absolute atomic E-state index is 0.0345. The van der Waals surface area contributed by atoms with Crippen molar-refractivity contribution in [3.63, 3.8) is 0 Å². The Morgan fingerprint density at radius 3 is 2.67 bits per heavy atom. The van der Waals surface area contributed by atoms with E-state index in [2.05, 4.69) is 19.1 Å². The molecule has 1 aromatic carbocycles. The van der Waals surface area contributed by atoms with Crippen molar-refractivity contribution in [3.8, 4) is 0 Å². The minimum atomic E-state index is -0.630. The van der Waals surface area contributed by atoms with E-state index < -0.39 is 5.60 Å². The summed E-state index contributed by atoms with van der Waals surface area (Å²) < 4.78 is 0. The summed E-state index contributed by atoms with van der Waals surface area (Å²) in [5.74, 6) is 0.0345. The van der Waals surface area contributed by atoms with Crippen LogP contribution in [0.3, 0.4) is 0 Å². The van der Waals surface area contributed by atoms with Crippen molar-refractivity contribution < 1.29 is 9.90 Å². The monoisotopic (exact) mass is 287 g/mol. The Labute approximate surface area is 127 Å². The third kappa shape index (κ3) is 4.71. The molecule has 21 heavy (non-hydrogen) atoms. The second kappa shape index (κ2) is 6.90. The molecule has 3 nitrogen and oxygen atoms in total. The maximum atomic E-state index is 12.2. The van der Waals surface area contributed by atoms with Crippen molar-refractivity contribution in [2.24, 2.45) is 0 Å². The molecular weight excluding hydrogens is 262 g/mol. The molecule has 0 bridgehead atoms. The number of rotatable bonds is 3. The van der Waals surface area contributed by atoms with E-state index in [9.17, 15) is 9.90 Å². The number of aliphatic hydroxyl groups is 1. The van der Waals surface area contributed by atoms with Gasteiger partial charge in [-0.2, -0.15) is 0 Å². The van der Waals surface area contributed by atoms with Gasteiger partial charge in [-0.05, 0) is 49.8 Å². The molecule has 1 N–H and O–H groups in total. The van der Waals surface area contributed by atoms with E-state index in [4.69, 9.17) is 0 Å². The van der Waals surface area contributed by atoms with E-state index in [1.165, 1.54) is 5.56 Å². The van der Waals surface area contributed by atoms with Crippen LogP contribution in [0.25, 0.3) is 6.08 Å². The highest BCUT2D eigenvalue weighted by atomic mass is 16.3. The van der Waals surface area contributed by atoms with E-state index in [-0.39, 0.29) is 5.91 Å². The molecule has 1 saturated heterocycles. The Kier molecular flexibility index (Phi) is 5.18.